The highest BCUT2D eigenvalue weighted by Crippen LogP contribution is 2.19. The van der Waals surface area contributed by atoms with E-state index >= 15 is 0 Å². The Morgan fingerprint density at radius 3 is 2.81 bits per heavy atom. The maximum atomic E-state index is 11.9. The minimum Gasteiger partial charge on any atom is -0.394 e. The van der Waals surface area contributed by atoms with Crippen LogP contribution in [0.2, 0.25) is 0 Å². The van der Waals surface area contributed by atoms with Gasteiger partial charge in [-0.1, -0.05) is 6.07 Å². The zero-order chi connectivity index (χ0) is 12.1. The van der Waals surface area contributed by atoms with Crippen molar-refractivity contribution in [1.29, 1.82) is 0 Å². The molecule has 3 nitrogen and oxygen atoms in total. The highest BCUT2D eigenvalue weighted by Gasteiger charge is 2.11. The van der Waals surface area contributed by atoms with E-state index < -0.39 is 0 Å². The van der Waals surface area contributed by atoms with Gasteiger partial charge in [0, 0.05) is 16.5 Å². The molecule has 0 radical (unpaired) electrons. The Morgan fingerprint density at radius 2 is 2.25 bits per heavy atom. The second-order valence-corrected chi connectivity index (χ2v) is 4.62. The van der Waals surface area contributed by atoms with Gasteiger partial charge in [-0.15, -0.1) is 11.8 Å². The lowest BCUT2D eigenvalue weighted by Gasteiger charge is -2.12. The first-order chi connectivity index (χ1) is 7.58. The molecule has 4 heteroatoms. The summed E-state index contributed by atoms with van der Waals surface area (Å²) >= 11 is 1.60. The van der Waals surface area contributed by atoms with Gasteiger partial charge in [0.1, 0.15) is 0 Å². The summed E-state index contributed by atoms with van der Waals surface area (Å²) in [7, 11) is 0. The van der Waals surface area contributed by atoms with Crippen molar-refractivity contribution < 1.29 is 9.90 Å². The largest absolute Gasteiger partial charge is 0.394 e. The number of aryl methyl sites for hydroxylation is 1. The molecule has 0 aliphatic rings. The minimum atomic E-state index is -0.218. The third-order valence-electron chi connectivity index (χ3n) is 2.34. The SMILES string of the molecule is CSc1ccc(C)c(C(=O)NC(C)CO)c1. The van der Waals surface area contributed by atoms with Crippen LogP contribution in [0.5, 0.6) is 0 Å². The van der Waals surface area contributed by atoms with E-state index in [1.54, 1.807) is 18.7 Å². The third-order valence-corrected chi connectivity index (χ3v) is 3.07. The molecular weight excluding hydrogens is 222 g/mol. The standard InChI is InChI=1S/C12H17NO2S/c1-8-4-5-10(16-3)6-11(8)12(15)13-9(2)7-14/h4-6,9,14H,7H2,1-3H3,(H,13,15). The number of carbonyl (C=O) groups excluding carboxylic acids is 1. The van der Waals surface area contributed by atoms with E-state index in [9.17, 15) is 4.79 Å². The van der Waals surface area contributed by atoms with Crippen LogP contribution >= 0.6 is 11.8 Å². The molecule has 1 unspecified atom stereocenters. The third kappa shape index (κ3) is 3.25. The number of amides is 1. The molecule has 1 aromatic carbocycles. The molecule has 0 fully saturated rings. The number of rotatable bonds is 4. The van der Waals surface area contributed by atoms with Crippen LogP contribution in [0.4, 0.5) is 0 Å². The van der Waals surface area contributed by atoms with Crippen molar-refractivity contribution in [1.82, 2.24) is 5.32 Å². The van der Waals surface area contributed by atoms with Crippen molar-refractivity contribution in [3.8, 4) is 0 Å². The normalized spacial score (nSPS) is 12.2. The number of thioether (sulfide) groups is 1. The fraction of sp³-hybridized carbons (Fsp3) is 0.417. The van der Waals surface area contributed by atoms with Crippen molar-refractivity contribution in [3.63, 3.8) is 0 Å². The van der Waals surface area contributed by atoms with E-state index in [1.165, 1.54) is 0 Å². The van der Waals surface area contributed by atoms with Crippen molar-refractivity contribution in [2.75, 3.05) is 12.9 Å². The first-order valence-electron chi connectivity index (χ1n) is 5.15. The molecule has 1 amide bonds. The first-order valence-corrected chi connectivity index (χ1v) is 6.37. The second-order valence-electron chi connectivity index (χ2n) is 3.74. The number of benzene rings is 1. The quantitative estimate of drug-likeness (QED) is 0.788. The summed E-state index contributed by atoms with van der Waals surface area (Å²) in [4.78, 5) is 12.9. The topological polar surface area (TPSA) is 49.3 Å². The van der Waals surface area contributed by atoms with Gasteiger partial charge in [-0.3, -0.25) is 4.79 Å². The number of carbonyl (C=O) groups is 1. The van der Waals surface area contributed by atoms with Gasteiger partial charge in [-0.05, 0) is 37.8 Å². The Morgan fingerprint density at radius 1 is 1.56 bits per heavy atom. The highest BCUT2D eigenvalue weighted by atomic mass is 32.2. The van der Waals surface area contributed by atoms with E-state index in [-0.39, 0.29) is 18.6 Å². The number of nitrogens with one attached hydrogen (secondary N) is 1. The van der Waals surface area contributed by atoms with Crippen molar-refractivity contribution in [2.24, 2.45) is 0 Å². The van der Waals surface area contributed by atoms with Crippen LogP contribution in [-0.4, -0.2) is 29.9 Å². The lowest BCUT2D eigenvalue weighted by molar-refractivity contribution is 0.0921. The summed E-state index contributed by atoms with van der Waals surface area (Å²) < 4.78 is 0. The van der Waals surface area contributed by atoms with E-state index in [0.29, 0.717) is 5.56 Å². The van der Waals surface area contributed by atoms with Gasteiger partial charge in [-0.25, -0.2) is 0 Å². The van der Waals surface area contributed by atoms with Crippen LogP contribution in [0, 0.1) is 6.92 Å². The molecule has 88 valence electrons. The number of hydrogen-bond donors (Lipinski definition) is 2. The molecule has 0 aliphatic heterocycles. The van der Waals surface area contributed by atoms with E-state index in [2.05, 4.69) is 5.32 Å². The summed E-state index contributed by atoms with van der Waals surface area (Å²) in [6.45, 7) is 3.63. The first kappa shape index (κ1) is 13.1. The van der Waals surface area contributed by atoms with Crippen LogP contribution < -0.4 is 5.32 Å². The average Bonchev–Trinajstić information content (AvgIpc) is 2.29. The molecule has 0 saturated heterocycles. The van der Waals surface area contributed by atoms with E-state index in [4.69, 9.17) is 5.11 Å². The molecule has 0 heterocycles. The predicted molar refractivity (Wildman–Crippen MR) is 67.0 cm³/mol. The maximum absolute atomic E-state index is 11.9. The van der Waals surface area contributed by atoms with Gasteiger partial charge in [0.2, 0.25) is 0 Å². The van der Waals surface area contributed by atoms with Crippen LogP contribution in [-0.2, 0) is 0 Å². The fourth-order valence-corrected chi connectivity index (χ4v) is 1.76. The fourth-order valence-electron chi connectivity index (χ4n) is 1.32. The summed E-state index contributed by atoms with van der Waals surface area (Å²) in [5, 5.41) is 11.6. The van der Waals surface area contributed by atoms with Gasteiger partial charge < -0.3 is 10.4 Å². The molecule has 1 aromatic rings. The van der Waals surface area contributed by atoms with Gasteiger partial charge in [-0.2, -0.15) is 0 Å². The molecule has 0 spiro atoms. The zero-order valence-corrected chi connectivity index (χ0v) is 10.6. The number of aliphatic hydroxyl groups is 1. The van der Waals surface area contributed by atoms with Crippen LogP contribution in [0.3, 0.4) is 0 Å². The second kappa shape index (κ2) is 5.92. The molecular formula is C12H17NO2S. The summed E-state index contributed by atoms with van der Waals surface area (Å²) in [6.07, 6.45) is 1.97. The number of hydrogen-bond acceptors (Lipinski definition) is 3. The molecule has 0 bridgehead atoms. The average molecular weight is 239 g/mol. The van der Waals surface area contributed by atoms with Crippen LogP contribution in [0.1, 0.15) is 22.8 Å². The Balaban J connectivity index is 2.89. The van der Waals surface area contributed by atoms with E-state index in [1.807, 2.05) is 31.4 Å². The molecule has 0 aliphatic carbocycles. The molecule has 0 saturated carbocycles. The zero-order valence-electron chi connectivity index (χ0n) is 9.78. The van der Waals surface area contributed by atoms with Gasteiger partial charge in [0.15, 0.2) is 0 Å². The predicted octanol–water partition coefficient (Wildman–Crippen LogP) is 1.83. The molecule has 1 atom stereocenters. The summed E-state index contributed by atoms with van der Waals surface area (Å²) in [6, 6.07) is 5.58. The van der Waals surface area contributed by atoms with Crippen LogP contribution in [0.15, 0.2) is 23.1 Å². The van der Waals surface area contributed by atoms with Crippen molar-refractivity contribution in [3.05, 3.63) is 29.3 Å². The van der Waals surface area contributed by atoms with Gasteiger partial charge in [0.25, 0.3) is 5.91 Å². The van der Waals surface area contributed by atoms with E-state index in [0.717, 1.165) is 10.5 Å². The Labute approximate surface area is 100 Å². The van der Waals surface area contributed by atoms with Crippen molar-refractivity contribution >= 4 is 17.7 Å². The molecule has 2 N–H and O–H groups in total. The van der Waals surface area contributed by atoms with Gasteiger partial charge in [0.05, 0.1) is 6.61 Å². The summed E-state index contributed by atoms with van der Waals surface area (Å²) in [5.74, 6) is -0.130. The van der Waals surface area contributed by atoms with Gasteiger partial charge >= 0.3 is 0 Å². The Hall–Kier alpha value is -1.00. The number of aliphatic hydroxyl groups excluding tert-OH is 1. The minimum absolute atomic E-state index is 0.0486. The highest BCUT2D eigenvalue weighted by molar-refractivity contribution is 7.98. The monoisotopic (exact) mass is 239 g/mol. The Kier molecular flexibility index (Phi) is 4.83. The lowest BCUT2D eigenvalue weighted by atomic mass is 10.1. The summed E-state index contributed by atoms with van der Waals surface area (Å²) in [5.41, 5.74) is 1.62. The van der Waals surface area contributed by atoms with Crippen LogP contribution in [0.25, 0.3) is 0 Å². The molecule has 16 heavy (non-hydrogen) atoms. The Bertz CT molecular complexity index is 379. The maximum Gasteiger partial charge on any atom is 0.251 e. The lowest BCUT2D eigenvalue weighted by Crippen LogP contribution is -2.35. The molecule has 1 rings (SSSR count). The van der Waals surface area contributed by atoms with Crippen molar-refractivity contribution in [2.45, 2.75) is 24.8 Å². The smallest absolute Gasteiger partial charge is 0.251 e. The molecule has 0 aromatic heterocycles.